The molecule has 0 spiro atoms. The zero-order valence-corrected chi connectivity index (χ0v) is 12.9. The Morgan fingerprint density at radius 1 is 1.00 bits per heavy atom. The summed E-state index contributed by atoms with van der Waals surface area (Å²) in [5.74, 6) is 4.42. The molecule has 0 aliphatic carbocycles. The topological polar surface area (TPSA) is 63.7 Å². The minimum Gasteiger partial charge on any atom is -0.465 e. The molecule has 0 bridgehead atoms. The molecule has 0 fully saturated rings. The molecule has 0 unspecified atom stereocenters. The van der Waals surface area contributed by atoms with Crippen molar-refractivity contribution in [2.75, 3.05) is 13.7 Å². The SMILES string of the molecule is COC(=O)c1ccccc1C#CCN1C(=O)c2ccccc2C1=O. The Morgan fingerprint density at radius 3 is 2.21 bits per heavy atom. The number of ether oxygens (including phenoxy) is 1. The van der Waals surface area contributed by atoms with E-state index in [2.05, 4.69) is 11.8 Å². The van der Waals surface area contributed by atoms with Crippen LogP contribution in [-0.4, -0.2) is 36.3 Å². The maximum Gasteiger partial charge on any atom is 0.339 e. The van der Waals surface area contributed by atoms with Crippen LogP contribution in [0.3, 0.4) is 0 Å². The number of amides is 2. The van der Waals surface area contributed by atoms with Gasteiger partial charge in [0, 0.05) is 5.56 Å². The van der Waals surface area contributed by atoms with Gasteiger partial charge < -0.3 is 4.74 Å². The van der Waals surface area contributed by atoms with Crippen molar-refractivity contribution in [1.29, 1.82) is 0 Å². The summed E-state index contributed by atoms with van der Waals surface area (Å²) in [5, 5.41) is 0. The van der Waals surface area contributed by atoms with Crippen LogP contribution in [0.5, 0.6) is 0 Å². The zero-order chi connectivity index (χ0) is 17.1. The average Bonchev–Trinajstić information content (AvgIpc) is 2.86. The first-order chi connectivity index (χ1) is 11.6. The Kier molecular flexibility index (Phi) is 4.13. The van der Waals surface area contributed by atoms with Crippen molar-refractivity contribution < 1.29 is 19.1 Å². The van der Waals surface area contributed by atoms with E-state index in [1.165, 1.54) is 7.11 Å². The lowest BCUT2D eigenvalue weighted by Crippen LogP contribution is -2.30. The van der Waals surface area contributed by atoms with Gasteiger partial charge in [-0.3, -0.25) is 14.5 Å². The molecule has 2 aromatic rings. The summed E-state index contributed by atoms with van der Waals surface area (Å²) < 4.78 is 4.71. The van der Waals surface area contributed by atoms with Crippen LogP contribution in [0.4, 0.5) is 0 Å². The molecule has 1 heterocycles. The molecule has 0 saturated heterocycles. The third-order valence-electron chi connectivity index (χ3n) is 3.67. The van der Waals surface area contributed by atoms with Gasteiger partial charge in [0.25, 0.3) is 11.8 Å². The number of imide groups is 1. The Morgan fingerprint density at radius 2 is 1.58 bits per heavy atom. The molecule has 0 radical (unpaired) electrons. The quantitative estimate of drug-likeness (QED) is 0.483. The molecule has 1 aliphatic heterocycles. The number of methoxy groups -OCH3 is 1. The van der Waals surface area contributed by atoms with Gasteiger partial charge in [-0.05, 0) is 24.3 Å². The third-order valence-corrected chi connectivity index (χ3v) is 3.67. The first kappa shape index (κ1) is 15.5. The van der Waals surface area contributed by atoms with Gasteiger partial charge in [-0.15, -0.1) is 0 Å². The van der Waals surface area contributed by atoms with E-state index in [0.29, 0.717) is 22.3 Å². The van der Waals surface area contributed by atoms with Gasteiger partial charge in [0.1, 0.15) is 0 Å². The second-order valence-electron chi connectivity index (χ2n) is 5.08. The highest BCUT2D eigenvalue weighted by atomic mass is 16.5. The Balaban J connectivity index is 1.82. The van der Waals surface area contributed by atoms with Gasteiger partial charge in [-0.25, -0.2) is 4.79 Å². The van der Waals surface area contributed by atoms with E-state index in [1.54, 1.807) is 48.5 Å². The first-order valence-electron chi connectivity index (χ1n) is 7.25. The summed E-state index contributed by atoms with van der Waals surface area (Å²) in [5.41, 5.74) is 1.61. The smallest absolute Gasteiger partial charge is 0.339 e. The highest BCUT2D eigenvalue weighted by molar-refractivity contribution is 6.21. The summed E-state index contributed by atoms with van der Waals surface area (Å²) in [6.07, 6.45) is 0. The van der Waals surface area contributed by atoms with Crippen LogP contribution in [0.2, 0.25) is 0 Å². The van der Waals surface area contributed by atoms with Crippen molar-refractivity contribution in [3.8, 4) is 11.8 Å². The summed E-state index contributed by atoms with van der Waals surface area (Å²) in [4.78, 5) is 37.3. The number of rotatable bonds is 2. The number of esters is 1. The lowest BCUT2D eigenvalue weighted by atomic mass is 10.1. The van der Waals surface area contributed by atoms with Crippen LogP contribution in [0.1, 0.15) is 36.6 Å². The highest BCUT2D eigenvalue weighted by Crippen LogP contribution is 2.21. The molecule has 3 rings (SSSR count). The molecule has 0 aromatic heterocycles. The number of fused-ring (bicyclic) bond motifs is 1. The largest absolute Gasteiger partial charge is 0.465 e. The van der Waals surface area contributed by atoms with Crippen molar-refractivity contribution >= 4 is 17.8 Å². The third kappa shape index (κ3) is 2.66. The zero-order valence-electron chi connectivity index (χ0n) is 12.9. The van der Waals surface area contributed by atoms with Crippen molar-refractivity contribution in [3.63, 3.8) is 0 Å². The molecule has 118 valence electrons. The number of benzene rings is 2. The van der Waals surface area contributed by atoms with Crippen molar-refractivity contribution in [3.05, 3.63) is 70.8 Å². The minimum atomic E-state index is -0.486. The minimum absolute atomic E-state index is 0.0398. The van der Waals surface area contributed by atoms with E-state index in [9.17, 15) is 14.4 Å². The fourth-order valence-electron chi connectivity index (χ4n) is 2.48. The van der Waals surface area contributed by atoms with E-state index >= 15 is 0 Å². The molecular weight excluding hydrogens is 306 g/mol. The normalized spacial score (nSPS) is 12.5. The monoisotopic (exact) mass is 319 g/mol. The van der Waals surface area contributed by atoms with Crippen molar-refractivity contribution in [2.45, 2.75) is 0 Å². The van der Waals surface area contributed by atoms with E-state index in [0.717, 1.165) is 4.90 Å². The van der Waals surface area contributed by atoms with Crippen molar-refractivity contribution in [2.24, 2.45) is 0 Å². The molecule has 1 aliphatic rings. The molecule has 5 nitrogen and oxygen atoms in total. The summed E-state index contributed by atoms with van der Waals surface area (Å²) in [7, 11) is 1.30. The fraction of sp³-hybridized carbons (Fsp3) is 0.105. The van der Waals surface area contributed by atoms with Crippen LogP contribution in [0, 0.1) is 11.8 Å². The Hall–Kier alpha value is -3.39. The van der Waals surface area contributed by atoms with Crippen LogP contribution >= 0.6 is 0 Å². The molecule has 5 heteroatoms. The van der Waals surface area contributed by atoms with E-state index in [-0.39, 0.29) is 18.4 Å². The second-order valence-corrected chi connectivity index (χ2v) is 5.08. The Labute approximate surface area is 138 Å². The molecular formula is C19H13NO4. The summed E-state index contributed by atoms with van der Waals surface area (Å²) >= 11 is 0. The Bertz CT molecular complexity index is 870. The van der Waals surface area contributed by atoms with Crippen LogP contribution < -0.4 is 0 Å². The standard InChI is InChI=1S/C19H13NO4/c1-24-19(23)14-9-3-2-7-13(14)8-6-12-20-17(21)15-10-4-5-11-16(15)18(20)22/h2-5,7,9-11H,12H2,1H3. The summed E-state index contributed by atoms with van der Waals surface area (Å²) in [6.45, 7) is -0.0398. The maximum absolute atomic E-state index is 12.2. The van der Waals surface area contributed by atoms with Gasteiger partial charge in [-0.2, -0.15) is 0 Å². The molecule has 2 aromatic carbocycles. The van der Waals surface area contributed by atoms with Crippen molar-refractivity contribution in [1.82, 2.24) is 4.90 Å². The summed E-state index contributed by atoms with van der Waals surface area (Å²) in [6, 6.07) is 13.4. The molecule has 0 atom stereocenters. The number of nitrogens with zero attached hydrogens (tertiary/aromatic N) is 1. The fourth-order valence-corrected chi connectivity index (χ4v) is 2.48. The van der Waals surface area contributed by atoms with E-state index in [1.807, 2.05) is 0 Å². The van der Waals surface area contributed by atoms with Crippen LogP contribution in [-0.2, 0) is 4.74 Å². The molecule has 0 N–H and O–H groups in total. The molecule has 0 saturated carbocycles. The van der Waals surface area contributed by atoms with Gasteiger partial charge in [0.05, 0.1) is 30.3 Å². The first-order valence-corrected chi connectivity index (χ1v) is 7.25. The van der Waals surface area contributed by atoms with Gasteiger partial charge in [0.2, 0.25) is 0 Å². The van der Waals surface area contributed by atoms with Gasteiger partial charge in [0.15, 0.2) is 0 Å². The lowest BCUT2D eigenvalue weighted by Gasteiger charge is -2.08. The van der Waals surface area contributed by atoms with E-state index in [4.69, 9.17) is 4.74 Å². The number of carbonyl (C=O) groups is 3. The molecule has 2 amide bonds. The van der Waals surface area contributed by atoms with Gasteiger partial charge >= 0.3 is 5.97 Å². The maximum atomic E-state index is 12.2. The highest BCUT2D eigenvalue weighted by Gasteiger charge is 2.34. The number of hydrogen-bond donors (Lipinski definition) is 0. The average molecular weight is 319 g/mol. The number of hydrogen-bond acceptors (Lipinski definition) is 4. The van der Waals surface area contributed by atoms with E-state index < -0.39 is 5.97 Å². The van der Waals surface area contributed by atoms with Gasteiger partial charge in [-0.1, -0.05) is 36.1 Å². The van der Waals surface area contributed by atoms with Crippen LogP contribution in [0.15, 0.2) is 48.5 Å². The number of carbonyl (C=O) groups excluding carboxylic acids is 3. The molecule has 24 heavy (non-hydrogen) atoms. The predicted molar refractivity (Wildman–Crippen MR) is 86.5 cm³/mol. The predicted octanol–water partition coefficient (Wildman–Crippen LogP) is 2.12. The lowest BCUT2D eigenvalue weighted by molar-refractivity contribution is 0.0598. The second kappa shape index (κ2) is 6.39. The van der Waals surface area contributed by atoms with Crippen LogP contribution in [0.25, 0.3) is 0 Å².